The lowest BCUT2D eigenvalue weighted by Gasteiger charge is -2.11. The molecule has 2 N–H and O–H groups in total. The van der Waals surface area contributed by atoms with Crippen LogP contribution in [0.1, 0.15) is 15.9 Å². The first-order chi connectivity index (χ1) is 14.7. The predicted octanol–water partition coefficient (Wildman–Crippen LogP) is 4.20. The Bertz CT molecular complexity index is 1190. The van der Waals surface area contributed by atoms with Gasteiger partial charge in [-0.15, -0.1) is 0 Å². The van der Waals surface area contributed by atoms with Crippen LogP contribution in [0.25, 0.3) is 0 Å². The molecule has 3 aromatic rings. The number of ether oxygens (including phenoxy) is 2. The molecule has 0 aliphatic carbocycles. The molecule has 0 atom stereocenters. The van der Waals surface area contributed by atoms with Gasteiger partial charge in [-0.2, -0.15) is 0 Å². The van der Waals surface area contributed by atoms with E-state index in [0.717, 1.165) is 6.07 Å². The van der Waals surface area contributed by atoms with Crippen LogP contribution >= 0.6 is 0 Å². The summed E-state index contributed by atoms with van der Waals surface area (Å²) in [5.74, 6) is 0.174. The van der Waals surface area contributed by atoms with Crippen molar-refractivity contribution in [2.45, 2.75) is 11.8 Å². The highest BCUT2D eigenvalue weighted by molar-refractivity contribution is 7.92. The predicted molar refractivity (Wildman–Crippen MR) is 116 cm³/mol. The number of benzene rings is 3. The Balaban J connectivity index is 1.74. The Hall–Kier alpha value is -3.59. The average molecular weight is 444 g/mol. The van der Waals surface area contributed by atoms with Gasteiger partial charge in [-0.05, 0) is 55.0 Å². The molecule has 0 aromatic heterocycles. The summed E-state index contributed by atoms with van der Waals surface area (Å²) < 4.78 is 51.2. The summed E-state index contributed by atoms with van der Waals surface area (Å²) in [5.41, 5.74) is 1.30. The van der Waals surface area contributed by atoms with Crippen LogP contribution in [0.5, 0.6) is 11.5 Å². The molecule has 0 unspecified atom stereocenters. The lowest BCUT2D eigenvalue weighted by atomic mass is 10.2. The highest BCUT2D eigenvalue weighted by Gasteiger charge is 2.16. The van der Waals surface area contributed by atoms with Crippen molar-refractivity contribution in [3.8, 4) is 11.5 Å². The Kier molecular flexibility index (Phi) is 6.45. The lowest BCUT2D eigenvalue weighted by molar-refractivity contribution is 0.102. The van der Waals surface area contributed by atoms with Crippen LogP contribution < -0.4 is 19.5 Å². The summed E-state index contributed by atoms with van der Waals surface area (Å²) in [5, 5.41) is 2.74. The van der Waals surface area contributed by atoms with E-state index in [-0.39, 0.29) is 22.1 Å². The molecule has 0 aliphatic rings. The number of methoxy groups -OCH3 is 2. The second-order valence-corrected chi connectivity index (χ2v) is 8.33. The SMILES string of the molecule is COc1cc(NC(=O)c2ccc(NS(=O)(=O)c3ccc(F)c(C)c3)cc2)cc(OC)c1. The van der Waals surface area contributed by atoms with Crippen LogP contribution in [-0.2, 0) is 10.0 Å². The number of sulfonamides is 1. The topological polar surface area (TPSA) is 93.7 Å². The largest absolute Gasteiger partial charge is 0.497 e. The Labute approximate surface area is 179 Å². The van der Waals surface area contributed by atoms with Gasteiger partial charge in [0.1, 0.15) is 17.3 Å². The fraction of sp³-hybridized carbons (Fsp3) is 0.136. The maximum atomic E-state index is 13.4. The highest BCUT2D eigenvalue weighted by atomic mass is 32.2. The second-order valence-electron chi connectivity index (χ2n) is 6.65. The van der Waals surface area contributed by atoms with E-state index in [1.54, 1.807) is 18.2 Å². The zero-order chi connectivity index (χ0) is 22.6. The molecule has 3 aromatic carbocycles. The number of aryl methyl sites for hydroxylation is 1. The first-order valence-electron chi connectivity index (χ1n) is 9.15. The summed E-state index contributed by atoms with van der Waals surface area (Å²) in [6, 6.07) is 14.4. The molecule has 31 heavy (non-hydrogen) atoms. The van der Waals surface area contributed by atoms with Crippen LogP contribution in [0, 0.1) is 12.7 Å². The van der Waals surface area contributed by atoms with Crippen molar-refractivity contribution in [2.75, 3.05) is 24.3 Å². The van der Waals surface area contributed by atoms with Gasteiger partial charge >= 0.3 is 0 Å². The summed E-state index contributed by atoms with van der Waals surface area (Å²) in [4.78, 5) is 12.5. The second kappa shape index (κ2) is 9.05. The number of halogens is 1. The zero-order valence-corrected chi connectivity index (χ0v) is 17.9. The molecule has 3 rings (SSSR count). The molecule has 0 bridgehead atoms. The lowest BCUT2D eigenvalue weighted by Crippen LogP contribution is -2.14. The normalized spacial score (nSPS) is 11.0. The molecule has 0 saturated carbocycles. The quantitative estimate of drug-likeness (QED) is 0.570. The maximum absolute atomic E-state index is 13.4. The van der Waals surface area contributed by atoms with Gasteiger partial charge in [0, 0.05) is 35.1 Å². The fourth-order valence-corrected chi connectivity index (χ4v) is 3.91. The third kappa shape index (κ3) is 5.32. The van der Waals surface area contributed by atoms with Crippen molar-refractivity contribution < 1.29 is 27.1 Å². The van der Waals surface area contributed by atoms with Gasteiger partial charge in [-0.3, -0.25) is 9.52 Å². The van der Waals surface area contributed by atoms with Gasteiger partial charge in [0.15, 0.2) is 0 Å². The molecule has 0 spiro atoms. The van der Waals surface area contributed by atoms with Crippen molar-refractivity contribution in [3.05, 3.63) is 77.6 Å². The Morgan fingerprint density at radius 2 is 1.48 bits per heavy atom. The summed E-state index contributed by atoms with van der Waals surface area (Å²) in [6.45, 7) is 1.49. The molecule has 0 fully saturated rings. The van der Waals surface area contributed by atoms with Crippen molar-refractivity contribution in [1.29, 1.82) is 0 Å². The number of hydrogen-bond acceptors (Lipinski definition) is 5. The number of carbonyl (C=O) groups is 1. The van der Waals surface area contributed by atoms with E-state index in [1.807, 2.05) is 0 Å². The first kappa shape index (κ1) is 22.1. The van der Waals surface area contributed by atoms with E-state index in [2.05, 4.69) is 10.0 Å². The molecule has 0 heterocycles. The molecular formula is C22H21FN2O5S. The van der Waals surface area contributed by atoms with Crippen LogP contribution in [0.2, 0.25) is 0 Å². The smallest absolute Gasteiger partial charge is 0.261 e. The molecule has 162 valence electrons. The number of carbonyl (C=O) groups excluding carboxylic acids is 1. The van der Waals surface area contributed by atoms with Crippen molar-refractivity contribution >= 4 is 27.3 Å². The minimum atomic E-state index is -3.89. The van der Waals surface area contributed by atoms with Crippen LogP contribution in [0.15, 0.2) is 65.6 Å². The Morgan fingerprint density at radius 1 is 0.871 bits per heavy atom. The van der Waals surface area contributed by atoms with Crippen molar-refractivity contribution in [2.24, 2.45) is 0 Å². The summed E-state index contributed by atoms with van der Waals surface area (Å²) in [6.07, 6.45) is 0. The van der Waals surface area contributed by atoms with Crippen molar-refractivity contribution in [3.63, 3.8) is 0 Å². The standard InChI is InChI=1S/C22H21FN2O5S/c1-14-10-20(8-9-21(14)23)31(27,28)25-16-6-4-15(5-7-16)22(26)24-17-11-18(29-2)13-19(12-17)30-3/h4-13,25H,1-3H3,(H,24,26). The number of amides is 1. The average Bonchev–Trinajstić information content (AvgIpc) is 2.75. The summed E-state index contributed by atoms with van der Waals surface area (Å²) in [7, 11) is -0.880. The van der Waals surface area contributed by atoms with E-state index < -0.39 is 15.8 Å². The minimum Gasteiger partial charge on any atom is -0.497 e. The number of anilines is 2. The van der Waals surface area contributed by atoms with E-state index in [0.29, 0.717) is 22.7 Å². The van der Waals surface area contributed by atoms with Crippen LogP contribution in [0.4, 0.5) is 15.8 Å². The van der Waals surface area contributed by atoms with E-state index in [9.17, 15) is 17.6 Å². The number of hydrogen-bond donors (Lipinski definition) is 2. The molecule has 0 aliphatic heterocycles. The molecule has 0 saturated heterocycles. The van der Waals surface area contributed by atoms with Crippen LogP contribution in [-0.4, -0.2) is 28.5 Å². The van der Waals surface area contributed by atoms with E-state index in [1.165, 1.54) is 57.5 Å². The molecule has 1 amide bonds. The Morgan fingerprint density at radius 3 is 2.03 bits per heavy atom. The number of nitrogens with one attached hydrogen (secondary N) is 2. The van der Waals surface area contributed by atoms with Gasteiger partial charge in [-0.1, -0.05) is 0 Å². The van der Waals surface area contributed by atoms with Crippen LogP contribution in [0.3, 0.4) is 0 Å². The molecule has 7 nitrogen and oxygen atoms in total. The van der Waals surface area contributed by atoms with E-state index >= 15 is 0 Å². The highest BCUT2D eigenvalue weighted by Crippen LogP contribution is 2.26. The van der Waals surface area contributed by atoms with Gasteiger partial charge in [-0.25, -0.2) is 12.8 Å². The van der Waals surface area contributed by atoms with Gasteiger partial charge in [0.2, 0.25) is 0 Å². The maximum Gasteiger partial charge on any atom is 0.261 e. The molecule has 0 radical (unpaired) electrons. The third-order valence-corrected chi connectivity index (χ3v) is 5.83. The van der Waals surface area contributed by atoms with Gasteiger partial charge in [0.25, 0.3) is 15.9 Å². The monoisotopic (exact) mass is 444 g/mol. The first-order valence-corrected chi connectivity index (χ1v) is 10.6. The van der Waals surface area contributed by atoms with Gasteiger partial charge < -0.3 is 14.8 Å². The van der Waals surface area contributed by atoms with Gasteiger partial charge in [0.05, 0.1) is 19.1 Å². The molecule has 9 heteroatoms. The number of rotatable bonds is 7. The summed E-state index contributed by atoms with van der Waals surface area (Å²) >= 11 is 0. The fourth-order valence-electron chi connectivity index (χ4n) is 2.77. The zero-order valence-electron chi connectivity index (χ0n) is 17.1. The van der Waals surface area contributed by atoms with E-state index in [4.69, 9.17) is 9.47 Å². The minimum absolute atomic E-state index is 0.0554. The third-order valence-electron chi connectivity index (χ3n) is 4.45. The molecular weight excluding hydrogens is 423 g/mol. The van der Waals surface area contributed by atoms with Crippen molar-refractivity contribution in [1.82, 2.24) is 0 Å².